The van der Waals surface area contributed by atoms with Gasteiger partial charge in [0, 0.05) is 12.6 Å². The van der Waals surface area contributed by atoms with Gasteiger partial charge in [-0.25, -0.2) is 0 Å². The number of fused-ring (bicyclic) bond motifs is 1. The third kappa shape index (κ3) is 3.42. The molecule has 8 nitrogen and oxygen atoms in total. The van der Waals surface area contributed by atoms with E-state index in [0.717, 1.165) is 6.42 Å². The highest BCUT2D eigenvalue weighted by molar-refractivity contribution is 6.06. The van der Waals surface area contributed by atoms with E-state index in [1.807, 2.05) is 0 Å². The van der Waals surface area contributed by atoms with Crippen LogP contribution in [0.5, 0.6) is 11.5 Å². The smallest absolute Gasteiger partial charge is 0.325 e. The van der Waals surface area contributed by atoms with Gasteiger partial charge in [-0.3, -0.25) is 14.3 Å². The topological polar surface area (TPSA) is 103 Å². The van der Waals surface area contributed by atoms with Gasteiger partial charge in [-0.15, -0.1) is 0 Å². The lowest BCUT2D eigenvalue weighted by atomic mass is 10.1. The van der Waals surface area contributed by atoms with Crippen molar-refractivity contribution in [1.82, 2.24) is 9.78 Å². The molecule has 0 saturated carbocycles. The van der Waals surface area contributed by atoms with Gasteiger partial charge in [0.25, 0.3) is 5.91 Å². The summed E-state index contributed by atoms with van der Waals surface area (Å²) in [6, 6.07) is 5.11. The van der Waals surface area contributed by atoms with E-state index in [2.05, 4.69) is 10.4 Å². The van der Waals surface area contributed by atoms with Gasteiger partial charge >= 0.3 is 5.97 Å². The van der Waals surface area contributed by atoms with Gasteiger partial charge in [0.1, 0.15) is 6.54 Å². The highest BCUT2D eigenvalue weighted by atomic mass is 16.5. The van der Waals surface area contributed by atoms with Crippen LogP contribution in [0.2, 0.25) is 0 Å². The van der Waals surface area contributed by atoms with E-state index in [1.165, 1.54) is 17.1 Å². The average Bonchev–Trinajstić information content (AvgIpc) is 2.80. The molecule has 3 rings (SSSR count). The first-order chi connectivity index (χ1) is 11.1. The summed E-state index contributed by atoms with van der Waals surface area (Å²) in [5.74, 6) is -0.427. The van der Waals surface area contributed by atoms with Crippen LogP contribution in [0.25, 0.3) is 0 Å². The molecule has 23 heavy (non-hydrogen) atoms. The number of amides is 1. The van der Waals surface area contributed by atoms with E-state index >= 15 is 0 Å². The van der Waals surface area contributed by atoms with Crippen molar-refractivity contribution in [2.24, 2.45) is 0 Å². The van der Waals surface area contributed by atoms with Crippen molar-refractivity contribution >= 4 is 17.6 Å². The van der Waals surface area contributed by atoms with Crippen LogP contribution in [0.4, 0.5) is 5.69 Å². The normalized spacial score (nSPS) is 13.2. The van der Waals surface area contributed by atoms with E-state index in [0.29, 0.717) is 36.0 Å². The van der Waals surface area contributed by atoms with E-state index in [4.69, 9.17) is 14.6 Å². The molecule has 0 radical (unpaired) electrons. The SMILES string of the molecule is O=C(O)Cn1cc(NC(=O)c2cccc3c2OCCCO3)cn1. The Morgan fingerprint density at radius 2 is 2.13 bits per heavy atom. The number of nitrogens with one attached hydrogen (secondary N) is 1. The van der Waals surface area contributed by atoms with Crippen molar-refractivity contribution in [3.8, 4) is 11.5 Å². The van der Waals surface area contributed by atoms with Crippen LogP contribution in [0.1, 0.15) is 16.8 Å². The molecule has 1 aliphatic rings. The number of hydrogen-bond donors (Lipinski definition) is 2. The summed E-state index contributed by atoms with van der Waals surface area (Å²) >= 11 is 0. The third-order valence-corrected chi connectivity index (χ3v) is 3.20. The quantitative estimate of drug-likeness (QED) is 0.883. The summed E-state index contributed by atoms with van der Waals surface area (Å²) in [5.41, 5.74) is 0.763. The molecule has 1 amide bonds. The van der Waals surface area contributed by atoms with Gasteiger partial charge < -0.3 is 19.9 Å². The number of aliphatic carboxylic acids is 1. The number of carbonyl (C=O) groups is 2. The minimum Gasteiger partial charge on any atom is -0.490 e. The molecule has 2 heterocycles. The minimum absolute atomic E-state index is 0.270. The molecule has 1 aromatic carbocycles. The monoisotopic (exact) mass is 317 g/mol. The fourth-order valence-electron chi connectivity index (χ4n) is 2.22. The molecule has 120 valence electrons. The van der Waals surface area contributed by atoms with Gasteiger partial charge in [0.05, 0.1) is 30.7 Å². The van der Waals surface area contributed by atoms with Crippen molar-refractivity contribution < 1.29 is 24.2 Å². The Morgan fingerprint density at radius 1 is 1.30 bits per heavy atom. The lowest BCUT2D eigenvalue weighted by Crippen LogP contribution is -2.13. The highest BCUT2D eigenvalue weighted by Crippen LogP contribution is 2.33. The molecule has 0 fully saturated rings. The Labute approximate surface area is 131 Å². The van der Waals surface area contributed by atoms with Crippen molar-refractivity contribution in [3.63, 3.8) is 0 Å². The second-order valence-electron chi connectivity index (χ2n) is 4.96. The molecule has 0 aliphatic carbocycles. The number of ether oxygens (including phenoxy) is 2. The Balaban J connectivity index is 1.78. The molecule has 1 aliphatic heterocycles. The second kappa shape index (κ2) is 6.39. The summed E-state index contributed by atoms with van der Waals surface area (Å²) < 4.78 is 12.4. The molecule has 0 spiro atoms. The maximum atomic E-state index is 12.4. The number of nitrogens with zero attached hydrogens (tertiary/aromatic N) is 2. The molecular formula is C15H15N3O5. The van der Waals surface area contributed by atoms with Crippen LogP contribution in [0.15, 0.2) is 30.6 Å². The Morgan fingerprint density at radius 3 is 2.96 bits per heavy atom. The number of hydrogen-bond acceptors (Lipinski definition) is 5. The Bertz CT molecular complexity index is 740. The molecule has 0 atom stereocenters. The van der Waals surface area contributed by atoms with Crippen LogP contribution in [0.3, 0.4) is 0 Å². The number of anilines is 1. The van der Waals surface area contributed by atoms with Crippen molar-refractivity contribution in [1.29, 1.82) is 0 Å². The number of para-hydroxylation sites is 1. The maximum Gasteiger partial charge on any atom is 0.325 e. The number of carboxylic acid groups (broad SMARTS) is 1. The number of rotatable bonds is 4. The predicted molar refractivity (Wildman–Crippen MR) is 79.9 cm³/mol. The minimum atomic E-state index is -1.01. The zero-order chi connectivity index (χ0) is 16.2. The molecule has 8 heteroatoms. The summed E-state index contributed by atoms with van der Waals surface area (Å²) in [7, 11) is 0. The van der Waals surface area contributed by atoms with E-state index in [1.54, 1.807) is 18.2 Å². The van der Waals surface area contributed by atoms with E-state index in [-0.39, 0.29) is 12.5 Å². The van der Waals surface area contributed by atoms with Gasteiger partial charge in [-0.05, 0) is 12.1 Å². The molecular weight excluding hydrogens is 302 g/mol. The predicted octanol–water partition coefficient (Wildman–Crippen LogP) is 1.38. The fourth-order valence-corrected chi connectivity index (χ4v) is 2.22. The van der Waals surface area contributed by atoms with Crippen molar-refractivity contribution in [2.75, 3.05) is 18.5 Å². The molecule has 2 aromatic rings. The van der Waals surface area contributed by atoms with Crippen LogP contribution < -0.4 is 14.8 Å². The summed E-state index contributed by atoms with van der Waals surface area (Å²) in [5, 5.41) is 15.3. The fraction of sp³-hybridized carbons (Fsp3) is 0.267. The van der Waals surface area contributed by atoms with Crippen LogP contribution >= 0.6 is 0 Å². The number of benzene rings is 1. The highest BCUT2D eigenvalue weighted by Gasteiger charge is 2.20. The number of carboxylic acids is 1. The number of aromatic nitrogens is 2. The standard InChI is InChI=1S/C15H15N3O5/c19-13(20)9-18-8-10(7-16-18)17-15(21)11-3-1-4-12-14(11)23-6-2-5-22-12/h1,3-4,7-8H,2,5-6,9H2,(H,17,21)(H,19,20). The summed E-state index contributed by atoms with van der Waals surface area (Å²) in [4.78, 5) is 23.1. The van der Waals surface area contributed by atoms with Crippen LogP contribution in [0, 0.1) is 0 Å². The molecule has 2 N–H and O–H groups in total. The summed E-state index contributed by atoms with van der Waals surface area (Å²) in [6.07, 6.45) is 3.59. The van der Waals surface area contributed by atoms with Crippen LogP contribution in [-0.4, -0.2) is 40.0 Å². The Kier molecular flexibility index (Phi) is 4.13. The lowest BCUT2D eigenvalue weighted by molar-refractivity contribution is -0.137. The van der Waals surface area contributed by atoms with Crippen molar-refractivity contribution in [2.45, 2.75) is 13.0 Å². The average molecular weight is 317 g/mol. The zero-order valence-electron chi connectivity index (χ0n) is 12.2. The lowest BCUT2D eigenvalue weighted by Gasteiger charge is -2.11. The van der Waals surface area contributed by atoms with Gasteiger partial charge in [-0.2, -0.15) is 5.10 Å². The number of carbonyl (C=O) groups excluding carboxylic acids is 1. The molecule has 0 unspecified atom stereocenters. The molecule has 0 bridgehead atoms. The summed E-state index contributed by atoms with van der Waals surface area (Å²) in [6.45, 7) is 0.751. The van der Waals surface area contributed by atoms with Gasteiger partial charge in [-0.1, -0.05) is 6.07 Å². The van der Waals surface area contributed by atoms with Crippen LogP contribution in [-0.2, 0) is 11.3 Å². The molecule has 1 aromatic heterocycles. The first-order valence-electron chi connectivity index (χ1n) is 7.07. The Hall–Kier alpha value is -3.03. The van der Waals surface area contributed by atoms with E-state index < -0.39 is 5.97 Å². The first kappa shape index (κ1) is 14.9. The zero-order valence-corrected chi connectivity index (χ0v) is 12.2. The third-order valence-electron chi connectivity index (χ3n) is 3.20. The van der Waals surface area contributed by atoms with Crippen molar-refractivity contribution in [3.05, 3.63) is 36.2 Å². The van der Waals surface area contributed by atoms with Gasteiger partial charge in [0.15, 0.2) is 11.5 Å². The second-order valence-corrected chi connectivity index (χ2v) is 4.96. The van der Waals surface area contributed by atoms with Gasteiger partial charge in [0.2, 0.25) is 0 Å². The molecule has 0 saturated heterocycles. The largest absolute Gasteiger partial charge is 0.490 e. The van der Waals surface area contributed by atoms with E-state index in [9.17, 15) is 9.59 Å². The first-order valence-corrected chi connectivity index (χ1v) is 7.07. The maximum absolute atomic E-state index is 12.4.